The third-order valence-corrected chi connectivity index (χ3v) is 7.18. The molecular formula is C32H32F3N8O3+. The molecule has 5 rings (SSSR count). The summed E-state index contributed by atoms with van der Waals surface area (Å²) >= 11 is 0. The van der Waals surface area contributed by atoms with Gasteiger partial charge in [-0.15, -0.1) is 0 Å². The lowest BCUT2D eigenvalue weighted by Crippen LogP contribution is -2.46. The molecule has 0 unspecified atom stereocenters. The molecule has 0 aliphatic carbocycles. The number of nitriles is 1. The number of amides is 1. The predicted octanol–water partition coefficient (Wildman–Crippen LogP) is 5.38. The molecule has 0 bridgehead atoms. The number of nitrogens with one attached hydrogen (secondary N) is 1. The van der Waals surface area contributed by atoms with Crippen molar-refractivity contribution in [3.63, 3.8) is 0 Å². The Bertz CT molecular complexity index is 2020. The molecule has 0 saturated heterocycles. The third-order valence-electron chi connectivity index (χ3n) is 7.18. The number of benzene rings is 2. The fraction of sp³-hybridized carbons (Fsp3) is 0.281. The number of nitrogens with zero attached hydrogens (tertiary/aromatic N) is 7. The molecule has 1 N–H and O–H groups in total. The fourth-order valence-corrected chi connectivity index (χ4v) is 5.10. The number of halogens is 3. The summed E-state index contributed by atoms with van der Waals surface area (Å²) in [6, 6.07) is 13.6. The Hall–Kier alpha value is -5.42. The predicted molar refractivity (Wildman–Crippen MR) is 162 cm³/mol. The minimum Gasteiger partial charge on any atom is -0.437 e. The first kappa shape index (κ1) is 32.0. The molecule has 2 aromatic carbocycles. The van der Waals surface area contributed by atoms with Gasteiger partial charge in [0.25, 0.3) is 0 Å². The Kier molecular flexibility index (Phi) is 8.00. The Morgan fingerprint density at radius 2 is 1.76 bits per heavy atom. The van der Waals surface area contributed by atoms with Gasteiger partial charge < -0.3 is 14.2 Å². The van der Waals surface area contributed by atoms with Gasteiger partial charge in [-0.1, -0.05) is 6.07 Å². The quantitative estimate of drug-likeness (QED) is 0.240. The van der Waals surface area contributed by atoms with Crippen LogP contribution in [-0.2, 0) is 18.3 Å². The average Bonchev–Trinajstić information content (AvgIpc) is 3.70. The zero-order chi connectivity index (χ0) is 33.6. The molecule has 1 amide bonds. The molecular weight excluding hydrogens is 601 g/mol. The molecule has 14 heteroatoms. The van der Waals surface area contributed by atoms with Crippen LogP contribution in [0.2, 0.25) is 0 Å². The summed E-state index contributed by atoms with van der Waals surface area (Å²) in [7, 11) is 5.97. The standard InChI is InChI=1S/C32H31F3N8O3/c1-20-27(26-14-15-38-42(26)23-12-10-21(17-36)11-13-23)41(30(45)40(20)24-9-7-8-22(16-24)32(33,34)35)29(44)39-31(2,3)28-37-18-25(46-28)19-43(4,5)6/h7-16,18H,19H2,1-6H3/p+1. The largest absolute Gasteiger partial charge is 0.437 e. The highest BCUT2D eigenvalue weighted by Gasteiger charge is 2.35. The first-order chi connectivity index (χ1) is 21.5. The van der Waals surface area contributed by atoms with E-state index in [9.17, 15) is 28.0 Å². The lowest BCUT2D eigenvalue weighted by Gasteiger charge is -2.24. The zero-order valence-electron chi connectivity index (χ0n) is 26.0. The second-order valence-electron chi connectivity index (χ2n) is 12.4. The summed E-state index contributed by atoms with van der Waals surface area (Å²) in [5.74, 6) is 0.802. The van der Waals surface area contributed by atoms with E-state index in [-0.39, 0.29) is 23.0 Å². The van der Waals surface area contributed by atoms with Crippen molar-refractivity contribution in [1.29, 1.82) is 5.26 Å². The molecule has 3 heterocycles. The topological polar surface area (TPSA) is 124 Å². The normalized spacial score (nSPS) is 12.3. The molecule has 0 aliphatic heterocycles. The van der Waals surface area contributed by atoms with E-state index < -0.39 is 29.0 Å². The number of alkyl halides is 3. The molecule has 0 spiro atoms. The van der Waals surface area contributed by atoms with E-state index in [2.05, 4.69) is 15.4 Å². The van der Waals surface area contributed by atoms with Crippen LogP contribution in [0.15, 0.2) is 76.2 Å². The van der Waals surface area contributed by atoms with Crippen molar-refractivity contribution in [2.45, 2.75) is 39.0 Å². The molecule has 0 saturated carbocycles. The van der Waals surface area contributed by atoms with Crippen molar-refractivity contribution in [1.82, 2.24) is 29.2 Å². The van der Waals surface area contributed by atoms with Gasteiger partial charge in [-0.25, -0.2) is 23.8 Å². The maximum atomic E-state index is 14.1. The van der Waals surface area contributed by atoms with Crippen LogP contribution >= 0.6 is 0 Å². The van der Waals surface area contributed by atoms with Crippen molar-refractivity contribution >= 4 is 6.03 Å². The lowest BCUT2D eigenvalue weighted by molar-refractivity contribution is -0.884. The molecule has 0 fully saturated rings. The highest BCUT2D eigenvalue weighted by atomic mass is 19.4. The van der Waals surface area contributed by atoms with Crippen LogP contribution in [-0.4, -0.2) is 55.6 Å². The first-order valence-corrected chi connectivity index (χ1v) is 14.2. The Morgan fingerprint density at radius 1 is 1.07 bits per heavy atom. The minimum absolute atomic E-state index is 0.0773. The summed E-state index contributed by atoms with van der Waals surface area (Å²) in [6.45, 7) is 5.40. The van der Waals surface area contributed by atoms with Gasteiger partial charge in [-0.2, -0.15) is 23.5 Å². The zero-order valence-corrected chi connectivity index (χ0v) is 26.0. The van der Waals surface area contributed by atoms with Gasteiger partial charge in [0, 0.05) is 0 Å². The molecule has 238 valence electrons. The van der Waals surface area contributed by atoms with E-state index in [1.807, 2.05) is 27.2 Å². The monoisotopic (exact) mass is 633 g/mol. The minimum atomic E-state index is -4.66. The molecule has 0 atom stereocenters. The van der Waals surface area contributed by atoms with E-state index in [0.717, 1.165) is 21.3 Å². The van der Waals surface area contributed by atoms with Crippen LogP contribution in [0.5, 0.6) is 0 Å². The van der Waals surface area contributed by atoms with E-state index in [1.165, 1.54) is 29.9 Å². The van der Waals surface area contributed by atoms with Crippen molar-refractivity contribution in [2.24, 2.45) is 0 Å². The van der Waals surface area contributed by atoms with Crippen LogP contribution in [0.25, 0.3) is 22.8 Å². The number of carbonyl (C=O) groups is 1. The molecule has 5 aromatic rings. The van der Waals surface area contributed by atoms with Crippen LogP contribution in [0.4, 0.5) is 18.0 Å². The molecule has 11 nitrogen and oxygen atoms in total. The molecule has 0 aliphatic rings. The van der Waals surface area contributed by atoms with Gasteiger partial charge in [0.05, 0.1) is 73.5 Å². The number of oxazole rings is 1. The Balaban J connectivity index is 1.66. The van der Waals surface area contributed by atoms with E-state index in [4.69, 9.17) is 4.42 Å². The molecule has 0 radical (unpaired) electrons. The summed E-state index contributed by atoms with van der Waals surface area (Å²) in [4.78, 5) is 32.5. The third kappa shape index (κ3) is 6.22. The van der Waals surface area contributed by atoms with Gasteiger partial charge in [0.15, 0.2) is 5.76 Å². The number of carbonyl (C=O) groups excluding carboxylic acids is 1. The number of hydrogen-bond donors (Lipinski definition) is 1. The van der Waals surface area contributed by atoms with Gasteiger partial charge in [-0.3, -0.25) is 4.57 Å². The van der Waals surface area contributed by atoms with Crippen molar-refractivity contribution in [2.75, 3.05) is 21.1 Å². The summed E-state index contributed by atoms with van der Waals surface area (Å²) in [6.07, 6.45) is -1.61. The first-order valence-electron chi connectivity index (χ1n) is 14.2. The summed E-state index contributed by atoms with van der Waals surface area (Å²) < 4.78 is 50.9. The van der Waals surface area contributed by atoms with Gasteiger partial charge >= 0.3 is 17.9 Å². The number of quaternary nitrogens is 1. The smallest absolute Gasteiger partial charge is 0.416 e. The SMILES string of the molecule is Cc1c(-c2ccnn2-c2ccc(C#N)cc2)n(C(=O)NC(C)(C)c2ncc(C[N+](C)(C)C)o2)c(=O)n1-c1cccc(C(F)(F)F)c1. The number of hydrogen-bond acceptors (Lipinski definition) is 6. The van der Waals surface area contributed by atoms with Crippen molar-refractivity contribution in [3.8, 4) is 28.8 Å². The second kappa shape index (κ2) is 11.5. The molecule has 3 aromatic heterocycles. The number of aromatic nitrogens is 5. The van der Waals surface area contributed by atoms with Crippen LogP contribution in [0.3, 0.4) is 0 Å². The maximum Gasteiger partial charge on any atom is 0.416 e. The Morgan fingerprint density at radius 3 is 2.39 bits per heavy atom. The van der Waals surface area contributed by atoms with E-state index >= 15 is 0 Å². The fourth-order valence-electron chi connectivity index (χ4n) is 5.10. The number of rotatable bonds is 7. The van der Waals surface area contributed by atoms with Gasteiger partial charge in [0.1, 0.15) is 17.8 Å². The Labute approximate surface area is 262 Å². The number of imidazole rings is 1. The highest BCUT2D eigenvalue weighted by Crippen LogP contribution is 2.32. The van der Waals surface area contributed by atoms with E-state index in [0.29, 0.717) is 33.7 Å². The summed E-state index contributed by atoms with van der Waals surface area (Å²) in [5.41, 5.74) is -1.60. The van der Waals surface area contributed by atoms with E-state index in [1.54, 1.807) is 50.4 Å². The molecule has 46 heavy (non-hydrogen) atoms. The van der Waals surface area contributed by atoms with Crippen LogP contribution < -0.4 is 11.0 Å². The van der Waals surface area contributed by atoms with Crippen molar-refractivity contribution in [3.05, 3.63) is 106 Å². The average molecular weight is 634 g/mol. The van der Waals surface area contributed by atoms with Gasteiger partial charge in [0.2, 0.25) is 5.89 Å². The van der Waals surface area contributed by atoms with Gasteiger partial charge in [-0.05, 0) is 69.3 Å². The second-order valence-corrected chi connectivity index (χ2v) is 12.4. The van der Waals surface area contributed by atoms with Crippen molar-refractivity contribution < 1.29 is 26.9 Å². The van der Waals surface area contributed by atoms with Crippen LogP contribution in [0, 0.1) is 18.3 Å². The van der Waals surface area contributed by atoms with Crippen LogP contribution in [0.1, 0.15) is 42.3 Å². The maximum absolute atomic E-state index is 14.1. The summed E-state index contributed by atoms with van der Waals surface area (Å²) in [5, 5.41) is 16.4. The highest BCUT2D eigenvalue weighted by molar-refractivity contribution is 5.84. The lowest BCUT2D eigenvalue weighted by atomic mass is 10.1.